The topological polar surface area (TPSA) is 29.1 Å². The predicted octanol–water partition coefficient (Wildman–Crippen LogP) is 4.79. The lowest BCUT2D eigenvalue weighted by Crippen LogP contribution is -2.14. The van der Waals surface area contributed by atoms with Gasteiger partial charge in [-0.15, -0.1) is 23.5 Å². The van der Waals surface area contributed by atoms with Gasteiger partial charge in [0, 0.05) is 9.79 Å². The minimum absolute atomic E-state index is 0.0311. The lowest BCUT2D eigenvalue weighted by atomic mass is 10.3. The smallest absolute Gasteiger partial charge is 0.234 e. The van der Waals surface area contributed by atoms with E-state index in [0.717, 1.165) is 15.5 Å². The summed E-state index contributed by atoms with van der Waals surface area (Å²) in [6, 6.07) is 15.3. The van der Waals surface area contributed by atoms with E-state index in [1.807, 2.05) is 54.8 Å². The number of thioether (sulfide) groups is 2. The van der Waals surface area contributed by atoms with Crippen molar-refractivity contribution in [1.82, 2.24) is 0 Å². The molecule has 0 atom stereocenters. The summed E-state index contributed by atoms with van der Waals surface area (Å²) in [7, 11) is 0. The first-order valence-electron chi connectivity index (χ1n) is 6.01. The zero-order chi connectivity index (χ0) is 14.4. The number of benzene rings is 2. The zero-order valence-corrected chi connectivity index (χ0v) is 13.3. The number of carbonyl (C=O) groups excluding carboxylic acids is 1. The Balaban J connectivity index is 1.95. The number of carbonyl (C=O) groups is 1. The van der Waals surface area contributed by atoms with E-state index < -0.39 is 0 Å². The summed E-state index contributed by atoms with van der Waals surface area (Å²) in [6.07, 6.45) is 1.99. The van der Waals surface area contributed by atoms with Gasteiger partial charge in [-0.3, -0.25) is 4.79 Å². The van der Waals surface area contributed by atoms with Crippen molar-refractivity contribution in [1.29, 1.82) is 0 Å². The normalized spacial score (nSPS) is 10.3. The number of anilines is 1. The number of nitrogens with one attached hydrogen (secondary N) is 1. The van der Waals surface area contributed by atoms with Crippen LogP contribution in [0.1, 0.15) is 0 Å². The molecule has 0 heterocycles. The molecule has 0 spiro atoms. The molecule has 5 heteroatoms. The largest absolute Gasteiger partial charge is 0.324 e. The first kappa shape index (κ1) is 15.3. The molecule has 20 heavy (non-hydrogen) atoms. The highest BCUT2D eigenvalue weighted by molar-refractivity contribution is 8.00. The van der Waals surface area contributed by atoms with Crippen LogP contribution in [0.2, 0.25) is 5.02 Å². The summed E-state index contributed by atoms with van der Waals surface area (Å²) in [5.74, 6) is 0.309. The third kappa shape index (κ3) is 4.20. The van der Waals surface area contributed by atoms with E-state index in [2.05, 4.69) is 5.32 Å². The lowest BCUT2D eigenvalue weighted by Gasteiger charge is -2.09. The molecular formula is C15H14ClNOS2. The summed E-state index contributed by atoms with van der Waals surface area (Å²) >= 11 is 9.11. The van der Waals surface area contributed by atoms with Crippen molar-refractivity contribution in [3.63, 3.8) is 0 Å². The van der Waals surface area contributed by atoms with Crippen molar-refractivity contribution in [3.8, 4) is 0 Å². The summed E-state index contributed by atoms with van der Waals surface area (Å²) in [4.78, 5) is 14.0. The zero-order valence-electron chi connectivity index (χ0n) is 10.9. The van der Waals surface area contributed by atoms with Crippen molar-refractivity contribution in [2.45, 2.75) is 9.79 Å². The Morgan fingerprint density at radius 2 is 1.75 bits per heavy atom. The van der Waals surface area contributed by atoms with Gasteiger partial charge in [-0.2, -0.15) is 0 Å². The van der Waals surface area contributed by atoms with Gasteiger partial charge < -0.3 is 5.32 Å². The van der Waals surface area contributed by atoms with Crippen LogP contribution in [0.15, 0.2) is 58.3 Å². The Hall–Kier alpha value is -1.10. The maximum atomic E-state index is 12.0. The van der Waals surface area contributed by atoms with Gasteiger partial charge in [-0.05, 0) is 30.5 Å². The molecule has 0 aliphatic carbocycles. The number of para-hydroxylation sites is 1. The van der Waals surface area contributed by atoms with Gasteiger partial charge in [0.05, 0.1) is 16.5 Å². The predicted molar refractivity (Wildman–Crippen MR) is 89.0 cm³/mol. The Bertz CT molecular complexity index is 604. The Morgan fingerprint density at radius 1 is 1.10 bits per heavy atom. The monoisotopic (exact) mass is 323 g/mol. The Morgan fingerprint density at radius 3 is 2.45 bits per heavy atom. The summed E-state index contributed by atoms with van der Waals surface area (Å²) in [5.41, 5.74) is 0.852. The van der Waals surface area contributed by atoms with E-state index >= 15 is 0 Å². The average Bonchev–Trinajstić information content (AvgIpc) is 2.47. The van der Waals surface area contributed by atoms with E-state index in [4.69, 9.17) is 11.6 Å². The van der Waals surface area contributed by atoms with Crippen molar-refractivity contribution >= 4 is 46.7 Å². The number of hydrogen-bond donors (Lipinski definition) is 1. The fraction of sp³-hybridized carbons (Fsp3) is 0.133. The van der Waals surface area contributed by atoms with Gasteiger partial charge in [0.15, 0.2) is 0 Å². The Kier molecular flexibility index (Phi) is 5.83. The molecule has 2 nitrogen and oxygen atoms in total. The van der Waals surface area contributed by atoms with Crippen LogP contribution < -0.4 is 5.32 Å². The van der Waals surface area contributed by atoms with Crippen LogP contribution in [0.4, 0.5) is 5.69 Å². The molecule has 0 saturated heterocycles. The van der Waals surface area contributed by atoms with E-state index in [0.29, 0.717) is 10.8 Å². The molecule has 104 valence electrons. The maximum absolute atomic E-state index is 12.0. The second kappa shape index (κ2) is 7.62. The highest BCUT2D eigenvalue weighted by Crippen LogP contribution is 2.28. The molecule has 2 aromatic rings. The van der Waals surface area contributed by atoms with Crippen molar-refractivity contribution < 1.29 is 4.79 Å². The fourth-order valence-electron chi connectivity index (χ4n) is 1.64. The molecule has 2 aromatic carbocycles. The minimum Gasteiger partial charge on any atom is -0.324 e. The second-order valence-corrected chi connectivity index (χ2v) is 6.24. The van der Waals surface area contributed by atoms with Crippen LogP contribution in [0.25, 0.3) is 0 Å². The van der Waals surface area contributed by atoms with Gasteiger partial charge in [0.1, 0.15) is 0 Å². The number of rotatable bonds is 5. The van der Waals surface area contributed by atoms with E-state index in [9.17, 15) is 4.79 Å². The molecule has 0 bridgehead atoms. The Labute approximate surface area is 132 Å². The van der Waals surface area contributed by atoms with Crippen LogP contribution in [-0.4, -0.2) is 17.9 Å². The molecule has 0 aliphatic rings. The lowest BCUT2D eigenvalue weighted by molar-refractivity contribution is -0.113. The molecule has 0 saturated carbocycles. The van der Waals surface area contributed by atoms with Gasteiger partial charge in [-0.25, -0.2) is 0 Å². The first-order valence-corrected chi connectivity index (χ1v) is 8.59. The van der Waals surface area contributed by atoms with Crippen molar-refractivity contribution in [2.24, 2.45) is 0 Å². The van der Waals surface area contributed by atoms with Crippen molar-refractivity contribution in [3.05, 3.63) is 53.6 Å². The standard InChI is InChI=1S/C15H14ClNOS2/c1-19-14-9-5-3-7-12(14)17-15(18)10-20-13-8-4-2-6-11(13)16/h2-9H,10H2,1H3,(H,17,18). The van der Waals surface area contributed by atoms with Crippen molar-refractivity contribution in [2.75, 3.05) is 17.3 Å². The molecule has 0 aromatic heterocycles. The van der Waals surface area contributed by atoms with E-state index in [1.165, 1.54) is 11.8 Å². The van der Waals surface area contributed by atoms with Crippen LogP contribution in [-0.2, 0) is 4.79 Å². The third-order valence-electron chi connectivity index (χ3n) is 2.58. The third-order valence-corrected chi connectivity index (χ3v) is 4.89. The van der Waals surface area contributed by atoms with E-state index in [1.54, 1.807) is 11.8 Å². The van der Waals surface area contributed by atoms with E-state index in [-0.39, 0.29) is 5.91 Å². The maximum Gasteiger partial charge on any atom is 0.234 e. The van der Waals surface area contributed by atoms with Gasteiger partial charge in [-0.1, -0.05) is 35.9 Å². The van der Waals surface area contributed by atoms with Gasteiger partial charge in [0.25, 0.3) is 0 Å². The SMILES string of the molecule is CSc1ccccc1NC(=O)CSc1ccccc1Cl. The molecule has 0 radical (unpaired) electrons. The molecular weight excluding hydrogens is 310 g/mol. The molecule has 0 fully saturated rings. The summed E-state index contributed by atoms with van der Waals surface area (Å²) in [5, 5.41) is 3.60. The minimum atomic E-state index is -0.0311. The highest BCUT2D eigenvalue weighted by atomic mass is 35.5. The second-order valence-electron chi connectivity index (χ2n) is 3.97. The number of hydrogen-bond acceptors (Lipinski definition) is 3. The van der Waals surface area contributed by atoms with Crippen LogP contribution in [0, 0.1) is 0 Å². The van der Waals surface area contributed by atoms with Crippen LogP contribution in [0.3, 0.4) is 0 Å². The number of amides is 1. The molecule has 0 unspecified atom stereocenters. The summed E-state index contributed by atoms with van der Waals surface area (Å²) in [6.45, 7) is 0. The van der Waals surface area contributed by atoms with Gasteiger partial charge >= 0.3 is 0 Å². The van der Waals surface area contributed by atoms with Gasteiger partial charge in [0.2, 0.25) is 5.91 Å². The molecule has 1 amide bonds. The number of halogens is 1. The summed E-state index contributed by atoms with van der Waals surface area (Å²) < 4.78 is 0. The van der Waals surface area contributed by atoms with Crippen LogP contribution >= 0.6 is 35.1 Å². The first-order chi connectivity index (χ1) is 9.70. The quantitative estimate of drug-likeness (QED) is 0.802. The highest BCUT2D eigenvalue weighted by Gasteiger charge is 2.08. The molecule has 0 aliphatic heterocycles. The molecule has 2 rings (SSSR count). The van der Waals surface area contributed by atoms with Crippen LogP contribution in [0.5, 0.6) is 0 Å². The molecule has 1 N–H and O–H groups in total. The fourth-order valence-corrected chi connectivity index (χ4v) is 3.23. The average molecular weight is 324 g/mol.